The minimum atomic E-state index is -3.89. The van der Waals surface area contributed by atoms with Gasteiger partial charge in [0.25, 0.3) is 5.91 Å². The number of benzene rings is 2. The number of nitrogens with zero attached hydrogens (tertiary/aromatic N) is 2. The van der Waals surface area contributed by atoms with Gasteiger partial charge >= 0.3 is 6.09 Å². The zero-order valence-electron chi connectivity index (χ0n) is 29.6. The highest BCUT2D eigenvalue weighted by Crippen LogP contribution is 2.46. The number of sulfonamides is 1. The Bertz CT molecular complexity index is 1950. The Kier molecular flexibility index (Phi) is 10.2. The van der Waals surface area contributed by atoms with E-state index in [-0.39, 0.29) is 19.4 Å². The van der Waals surface area contributed by atoms with Crippen molar-refractivity contribution in [3.05, 3.63) is 79.0 Å². The monoisotopic (exact) mass is 735 g/mol. The lowest BCUT2D eigenvalue weighted by atomic mass is 10.0. The molecule has 0 spiro atoms. The second kappa shape index (κ2) is 14.4. The van der Waals surface area contributed by atoms with Crippen molar-refractivity contribution < 1.29 is 42.1 Å². The SMILES string of the molecule is C=C[C@@H]1C[C@]1(NC(=O)[C@@H]1C[C@@H](Oc2nccc3cc(OC)ccc23)CN1C(O)[C@@H](NC(=O)OC(C)(C)C)c1ccccc1)C(=O)NS(=O)(=O)C1CC1. The molecule has 3 fully saturated rings. The van der Waals surface area contributed by atoms with Crippen LogP contribution in [0, 0.1) is 5.92 Å². The molecule has 6 atom stereocenters. The molecule has 52 heavy (non-hydrogen) atoms. The van der Waals surface area contributed by atoms with Crippen molar-refractivity contribution in [2.24, 2.45) is 5.92 Å². The molecule has 3 aliphatic rings. The summed E-state index contributed by atoms with van der Waals surface area (Å²) in [5.41, 5.74) is -1.82. The normalized spacial score (nSPS) is 24.3. The van der Waals surface area contributed by atoms with Gasteiger partial charge in [-0.05, 0) is 75.2 Å². The van der Waals surface area contributed by atoms with Gasteiger partial charge in [-0.15, -0.1) is 6.58 Å². The number of amides is 3. The van der Waals surface area contributed by atoms with Crippen molar-refractivity contribution in [3.8, 4) is 11.6 Å². The second-order valence-electron chi connectivity index (χ2n) is 14.5. The molecule has 15 heteroatoms. The number of hydrogen-bond donors (Lipinski definition) is 4. The number of fused-ring (bicyclic) bond motifs is 1. The number of likely N-dealkylation sites (tertiary alicyclic amines) is 1. The average Bonchev–Trinajstić information content (AvgIpc) is 4.03. The van der Waals surface area contributed by atoms with Gasteiger partial charge in [0.05, 0.1) is 24.4 Å². The number of pyridine rings is 1. The zero-order chi connectivity index (χ0) is 37.4. The van der Waals surface area contributed by atoms with Gasteiger partial charge in [-0.1, -0.05) is 36.4 Å². The summed E-state index contributed by atoms with van der Waals surface area (Å²) >= 11 is 0. The summed E-state index contributed by atoms with van der Waals surface area (Å²) in [5.74, 6) is -1.02. The van der Waals surface area contributed by atoms with Crippen molar-refractivity contribution in [3.63, 3.8) is 0 Å². The molecule has 1 aliphatic heterocycles. The molecule has 1 unspecified atom stereocenters. The van der Waals surface area contributed by atoms with Crippen LogP contribution >= 0.6 is 0 Å². The highest BCUT2D eigenvalue weighted by Gasteiger charge is 2.62. The van der Waals surface area contributed by atoms with E-state index in [1.165, 1.54) is 11.0 Å². The largest absolute Gasteiger partial charge is 0.497 e. The van der Waals surface area contributed by atoms with Crippen LogP contribution in [0.25, 0.3) is 10.8 Å². The van der Waals surface area contributed by atoms with E-state index in [0.29, 0.717) is 35.4 Å². The lowest BCUT2D eigenvalue weighted by Gasteiger charge is -2.35. The van der Waals surface area contributed by atoms with Gasteiger partial charge in [-0.25, -0.2) is 18.2 Å². The van der Waals surface area contributed by atoms with Gasteiger partial charge in [-0.3, -0.25) is 19.2 Å². The third kappa shape index (κ3) is 8.01. The minimum Gasteiger partial charge on any atom is -0.497 e. The first-order valence-corrected chi connectivity index (χ1v) is 18.8. The number of aliphatic hydroxyl groups excluding tert-OH is 1. The molecule has 278 valence electrons. The lowest BCUT2D eigenvalue weighted by molar-refractivity contribution is -0.135. The maximum Gasteiger partial charge on any atom is 0.408 e. The maximum atomic E-state index is 14.3. The van der Waals surface area contributed by atoms with Crippen LogP contribution in [0.2, 0.25) is 0 Å². The molecule has 0 radical (unpaired) electrons. The maximum absolute atomic E-state index is 14.3. The molecule has 2 aromatic carbocycles. The summed E-state index contributed by atoms with van der Waals surface area (Å²) in [7, 11) is -2.32. The third-order valence-electron chi connectivity index (χ3n) is 9.53. The van der Waals surface area contributed by atoms with Crippen LogP contribution < -0.4 is 24.8 Å². The number of methoxy groups -OCH3 is 1. The number of carbonyl (C=O) groups is 3. The van der Waals surface area contributed by atoms with Gasteiger partial charge < -0.3 is 30.0 Å². The summed E-state index contributed by atoms with van der Waals surface area (Å²) in [6.07, 6.45) is 1.29. The van der Waals surface area contributed by atoms with E-state index < -0.39 is 74.7 Å². The first-order valence-electron chi connectivity index (χ1n) is 17.2. The molecule has 2 saturated carbocycles. The van der Waals surface area contributed by atoms with E-state index in [2.05, 4.69) is 26.9 Å². The molecule has 1 aromatic heterocycles. The number of nitrogens with one attached hydrogen (secondary N) is 3. The van der Waals surface area contributed by atoms with Gasteiger partial charge in [0.1, 0.15) is 29.2 Å². The summed E-state index contributed by atoms with van der Waals surface area (Å²) in [6.45, 7) is 8.96. The van der Waals surface area contributed by atoms with Gasteiger partial charge in [-0.2, -0.15) is 0 Å². The fourth-order valence-electron chi connectivity index (χ4n) is 6.60. The van der Waals surface area contributed by atoms with E-state index in [9.17, 15) is 27.9 Å². The van der Waals surface area contributed by atoms with Crippen molar-refractivity contribution in [1.29, 1.82) is 0 Å². The van der Waals surface area contributed by atoms with Gasteiger partial charge in [0.2, 0.25) is 21.8 Å². The Hall–Kier alpha value is -4.73. The second-order valence-corrected chi connectivity index (χ2v) is 16.5. The molecule has 2 aliphatic carbocycles. The van der Waals surface area contributed by atoms with Crippen LogP contribution in [0.15, 0.2) is 73.4 Å². The molecule has 6 rings (SSSR count). The molecule has 3 aromatic rings. The fraction of sp³-hybridized carbons (Fsp3) is 0.459. The van der Waals surface area contributed by atoms with E-state index in [1.807, 2.05) is 18.2 Å². The number of aromatic nitrogens is 1. The molecule has 14 nitrogen and oxygen atoms in total. The van der Waals surface area contributed by atoms with Crippen molar-refractivity contribution in [2.75, 3.05) is 13.7 Å². The van der Waals surface area contributed by atoms with E-state index in [1.54, 1.807) is 70.5 Å². The van der Waals surface area contributed by atoms with Gasteiger partial charge in [0.15, 0.2) is 0 Å². The topological polar surface area (TPSA) is 185 Å². The Balaban J connectivity index is 1.31. The Morgan fingerprint density at radius 2 is 1.85 bits per heavy atom. The molecule has 2 heterocycles. The summed E-state index contributed by atoms with van der Waals surface area (Å²) in [4.78, 5) is 46.8. The fourth-order valence-corrected chi connectivity index (χ4v) is 7.96. The van der Waals surface area contributed by atoms with Crippen LogP contribution in [0.5, 0.6) is 11.6 Å². The summed E-state index contributed by atoms with van der Waals surface area (Å²) in [6, 6.07) is 13.9. The van der Waals surface area contributed by atoms with Crippen LogP contribution in [-0.2, 0) is 24.3 Å². The molecule has 3 amide bonds. The lowest BCUT2D eigenvalue weighted by Crippen LogP contribution is -2.58. The molecule has 1 saturated heterocycles. The Labute approximate surface area is 303 Å². The van der Waals surface area contributed by atoms with Crippen LogP contribution in [0.4, 0.5) is 4.79 Å². The first-order chi connectivity index (χ1) is 24.6. The highest BCUT2D eigenvalue weighted by molar-refractivity contribution is 7.91. The third-order valence-corrected chi connectivity index (χ3v) is 11.4. The van der Waals surface area contributed by atoms with Crippen molar-refractivity contribution >= 4 is 38.7 Å². The number of hydrogen-bond acceptors (Lipinski definition) is 11. The van der Waals surface area contributed by atoms with Crippen molar-refractivity contribution in [2.45, 2.75) is 87.3 Å². The number of rotatable bonds is 13. The molecule has 4 N–H and O–H groups in total. The predicted octanol–water partition coefficient (Wildman–Crippen LogP) is 3.32. The first kappa shape index (κ1) is 37.0. The summed E-state index contributed by atoms with van der Waals surface area (Å²) < 4.78 is 44.9. The predicted molar refractivity (Wildman–Crippen MR) is 192 cm³/mol. The van der Waals surface area contributed by atoms with E-state index >= 15 is 0 Å². The van der Waals surface area contributed by atoms with Crippen LogP contribution in [-0.4, -0.2) is 89.7 Å². The van der Waals surface area contributed by atoms with E-state index in [4.69, 9.17) is 14.2 Å². The number of aliphatic hydroxyl groups is 1. The highest BCUT2D eigenvalue weighted by atomic mass is 32.2. The quantitative estimate of drug-likeness (QED) is 0.189. The van der Waals surface area contributed by atoms with Crippen LogP contribution in [0.1, 0.15) is 58.1 Å². The Morgan fingerprint density at radius 1 is 1.12 bits per heavy atom. The average molecular weight is 736 g/mol. The molecular weight excluding hydrogens is 691 g/mol. The molecular formula is C37H45N5O9S. The Morgan fingerprint density at radius 3 is 2.48 bits per heavy atom. The number of ether oxygens (including phenoxy) is 3. The van der Waals surface area contributed by atoms with Crippen LogP contribution in [0.3, 0.4) is 0 Å². The standard InChI is InChI=1S/C37H45N5O9S/c1-6-24-20-37(24,34(45)41-52(47,48)27-13-14-27)40-31(43)29-19-26(50-32-28-15-12-25(49-5)18-23(28)16-17-38-32)21-42(29)33(44)30(22-10-8-7-9-11-22)39-35(46)51-36(2,3)4/h6-12,15-18,24,26-27,29-30,33,44H,1,13-14,19-21H2,2-5H3,(H,39,46)(H,40,43)(H,41,45)/t24-,26-,29+,30+,33?,37-/m1/s1. The summed E-state index contributed by atoms with van der Waals surface area (Å²) in [5, 5.41) is 18.6. The number of carbonyl (C=O) groups excluding carboxylic acids is 3. The number of alkyl carbamates (subject to hydrolysis) is 1. The van der Waals surface area contributed by atoms with Gasteiger partial charge in [0, 0.05) is 30.5 Å². The zero-order valence-corrected chi connectivity index (χ0v) is 30.4. The smallest absolute Gasteiger partial charge is 0.408 e. The van der Waals surface area contributed by atoms with Crippen molar-refractivity contribution in [1.82, 2.24) is 25.2 Å². The molecule has 0 bridgehead atoms. The van der Waals surface area contributed by atoms with E-state index in [0.717, 1.165) is 5.39 Å². The minimum absolute atomic E-state index is 0.0208.